The quantitative estimate of drug-likeness (QED) is 0.800. The van der Waals surface area contributed by atoms with E-state index >= 15 is 0 Å². The summed E-state index contributed by atoms with van der Waals surface area (Å²) in [5.74, 6) is 0.347. The maximum Gasteiger partial charge on any atom is 0.240 e. The molecule has 1 aromatic carbocycles. The van der Waals surface area contributed by atoms with Crippen LogP contribution in [0.4, 0.5) is 0 Å². The monoisotopic (exact) mass is 283 g/mol. The predicted octanol–water partition coefficient (Wildman–Crippen LogP) is 1.69. The van der Waals surface area contributed by atoms with Crippen molar-refractivity contribution in [3.8, 4) is 0 Å². The van der Waals surface area contributed by atoms with Gasteiger partial charge in [0.2, 0.25) is 10.0 Å². The summed E-state index contributed by atoms with van der Waals surface area (Å²) >= 11 is 0. The van der Waals surface area contributed by atoms with Gasteiger partial charge in [-0.15, -0.1) is 0 Å². The Hall–Kier alpha value is -0.910. The molecule has 1 saturated carbocycles. The molecule has 0 amide bonds. The average molecular weight is 283 g/mol. The van der Waals surface area contributed by atoms with E-state index < -0.39 is 16.1 Å². The van der Waals surface area contributed by atoms with Gasteiger partial charge in [-0.1, -0.05) is 25.1 Å². The van der Waals surface area contributed by atoms with E-state index in [0.717, 1.165) is 19.3 Å². The van der Waals surface area contributed by atoms with E-state index in [0.29, 0.717) is 29.3 Å². The Balaban J connectivity index is 2.19. The Morgan fingerprint density at radius 2 is 2.05 bits per heavy atom. The molecular weight excluding hydrogens is 262 g/mol. The molecule has 0 aliphatic heterocycles. The number of benzene rings is 1. The summed E-state index contributed by atoms with van der Waals surface area (Å²) in [5, 5.41) is 9.99. The molecular formula is C14H21NO3S. The Bertz CT molecular complexity index is 523. The standard InChI is InChI=1S/C14H21NO3S/c1-2-9-15-19(17,18)14-6-4-3-5-12(14)10-13(16)11-7-8-11/h3-6,11,13,15-16H,2,7-10H2,1H3. The van der Waals surface area contributed by atoms with Crippen molar-refractivity contribution in [2.75, 3.05) is 6.54 Å². The Kier molecular flexibility index (Phi) is 4.60. The lowest BCUT2D eigenvalue weighted by atomic mass is 10.1. The van der Waals surface area contributed by atoms with Crippen LogP contribution in [0.2, 0.25) is 0 Å². The highest BCUT2D eigenvalue weighted by molar-refractivity contribution is 7.89. The van der Waals surface area contributed by atoms with Crippen LogP contribution < -0.4 is 4.72 Å². The van der Waals surface area contributed by atoms with Crippen molar-refractivity contribution < 1.29 is 13.5 Å². The molecule has 2 N–H and O–H groups in total. The number of nitrogens with one attached hydrogen (secondary N) is 1. The lowest BCUT2D eigenvalue weighted by molar-refractivity contribution is 0.151. The first-order valence-corrected chi connectivity index (χ1v) is 8.28. The molecule has 2 rings (SSSR count). The fourth-order valence-electron chi connectivity index (χ4n) is 2.12. The molecule has 1 aromatic rings. The molecule has 1 unspecified atom stereocenters. The summed E-state index contributed by atoms with van der Waals surface area (Å²) in [6.45, 7) is 2.35. The zero-order chi connectivity index (χ0) is 13.9. The molecule has 0 radical (unpaired) electrons. The van der Waals surface area contributed by atoms with Crippen molar-refractivity contribution in [3.63, 3.8) is 0 Å². The van der Waals surface area contributed by atoms with Crippen molar-refractivity contribution in [2.45, 2.75) is 43.6 Å². The van der Waals surface area contributed by atoms with E-state index in [9.17, 15) is 13.5 Å². The van der Waals surface area contributed by atoms with Crippen LogP contribution in [-0.4, -0.2) is 26.2 Å². The minimum absolute atomic E-state index is 0.295. The van der Waals surface area contributed by atoms with E-state index in [1.54, 1.807) is 18.2 Å². The first kappa shape index (κ1) is 14.5. The second kappa shape index (κ2) is 6.03. The maximum absolute atomic E-state index is 12.2. The molecule has 4 nitrogen and oxygen atoms in total. The third-order valence-corrected chi connectivity index (χ3v) is 4.96. The fraction of sp³-hybridized carbons (Fsp3) is 0.571. The largest absolute Gasteiger partial charge is 0.392 e. The van der Waals surface area contributed by atoms with Crippen LogP contribution in [-0.2, 0) is 16.4 Å². The van der Waals surface area contributed by atoms with E-state index in [1.807, 2.05) is 13.0 Å². The van der Waals surface area contributed by atoms with Gasteiger partial charge in [0.25, 0.3) is 0 Å². The van der Waals surface area contributed by atoms with Crippen LogP contribution in [0.3, 0.4) is 0 Å². The highest BCUT2D eigenvalue weighted by Crippen LogP contribution is 2.34. The highest BCUT2D eigenvalue weighted by Gasteiger charge is 2.30. The first-order valence-electron chi connectivity index (χ1n) is 6.80. The molecule has 1 fully saturated rings. The molecule has 1 aliphatic rings. The molecule has 0 heterocycles. The van der Waals surface area contributed by atoms with E-state index in [1.165, 1.54) is 0 Å². The van der Waals surface area contributed by atoms with Crippen LogP contribution >= 0.6 is 0 Å². The third kappa shape index (κ3) is 3.78. The second-order valence-corrected chi connectivity index (χ2v) is 6.85. The van der Waals surface area contributed by atoms with Gasteiger partial charge in [0.15, 0.2) is 0 Å². The molecule has 106 valence electrons. The summed E-state index contributed by atoms with van der Waals surface area (Å²) in [4.78, 5) is 0.295. The number of aliphatic hydroxyl groups excluding tert-OH is 1. The topological polar surface area (TPSA) is 66.4 Å². The molecule has 0 bridgehead atoms. The van der Waals surface area contributed by atoms with Gasteiger partial charge < -0.3 is 5.11 Å². The van der Waals surface area contributed by atoms with Gasteiger partial charge in [-0.25, -0.2) is 13.1 Å². The van der Waals surface area contributed by atoms with Gasteiger partial charge >= 0.3 is 0 Å². The van der Waals surface area contributed by atoms with Gasteiger partial charge in [-0.05, 0) is 43.2 Å². The van der Waals surface area contributed by atoms with Crippen molar-refractivity contribution >= 4 is 10.0 Å². The molecule has 19 heavy (non-hydrogen) atoms. The van der Waals surface area contributed by atoms with Gasteiger partial charge in [0.05, 0.1) is 11.0 Å². The van der Waals surface area contributed by atoms with Crippen molar-refractivity contribution in [2.24, 2.45) is 5.92 Å². The van der Waals surface area contributed by atoms with Gasteiger partial charge in [-0.3, -0.25) is 0 Å². The van der Waals surface area contributed by atoms with Crippen LogP contribution in [0.1, 0.15) is 31.7 Å². The third-order valence-electron chi connectivity index (χ3n) is 3.40. The zero-order valence-corrected chi connectivity index (χ0v) is 12.0. The van der Waals surface area contributed by atoms with Crippen LogP contribution in [0.15, 0.2) is 29.2 Å². The Morgan fingerprint density at radius 3 is 2.68 bits per heavy atom. The number of hydrogen-bond acceptors (Lipinski definition) is 3. The number of sulfonamides is 1. The van der Waals surface area contributed by atoms with E-state index in [-0.39, 0.29) is 0 Å². The summed E-state index contributed by atoms with van der Waals surface area (Å²) in [6.07, 6.45) is 2.83. The molecule has 1 aliphatic carbocycles. The van der Waals surface area contributed by atoms with Gasteiger partial charge in [0.1, 0.15) is 0 Å². The normalized spacial score (nSPS) is 17.4. The van der Waals surface area contributed by atoms with E-state index in [2.05, 4.69) is 4.72 Å². The van der Waals surface area contributed by atoms with Crippen molar-refractivity contribution in [3.05, 3.63) is 29.8 Å². The SMILES string of the molecule is CCCNS(=O)(=O)c1ccccc1CC(O)C1CC1. The zero-order valence-electron chi connectivity index (χ0n) is 11.2. The Morgan fingerprint density at radius 1 is 1.37 bits per heavy atom. The molecule has 5 heteroatoms. The minimum Gasteiger partial charge on any atom is -0.392 e. The van der Waals surface area contributed by atoms with Crippen LogP contribution in [0.5, 0.6) is 0 Å². The van der Waals surface area contributed by atoms with Crippen molar-refractivity contribution in [1.82, 2.24) is 4.72 Å². The molecule has 0 saturated heterocycles. The molecule has 0 spiro atoms. The summed E-state index contributed by atoms with van der Waals surface area (Å²) < 4.78 is 26.9. The van der Waals surface area contributed by atoms with Gasteiger partial charge in [0, 0.05) is 6.54 Å². The van der Waals surface area contributed by atoms with Crippen LogP contribution in [0.25, 0.3) is 0 Å². The smallest absolute Gasteiger partial charge is 0.240 e. The van der Waals surface area contributed by atoms with E-state index in [4.69, 9.17) is 0 Å². The minimum atomic E-state index is -3.47. The Labute approximate surface area is 114 Å². The maximum atomic E-state index is 12.2. The number of aliphatic hydroxyl groups is 1. The van der Waals surface area contributed by atoms with Crippen LogP contribution in [0, 0.1) is 5.92 Å². The number of rotatable bonds is 7. The highest BCUT2D eigenvalue weighted by atomic mass is 32.2. The first-order chi connectivity index (χ1) is 9.04. The summed E-state index contributed by atoms with van der Waals surface area (Å²) in [7, 11) is -3.47. The lowest BCUT2D eigenvalue weighted by Crippen LogP contribution is -2.26. The lowest BCUT2D eigenvalue weighted by Gasteiger charge is -2.14. The van der Waals surface area contributed by atoms with Gasteiger partial charge in [-0.2, -0.15) is 0 Å². The average Bonchev–Trinajstić information content (AvgIpc) is 3.21. The fourth-order valence-corrected chi connectivity index (χ4v) is 3.50. The molecule has 0 aromatic heterocycles. The predicted molar refractivity (Wildman–Crippen MR) is 74.4 cm³/mol. The van der Waals surface area contributed by atoms with Crippen molar-refractivity contribution in [1.29, 1.82) is 0 Å². The second-order valence-electron chi connectivity index (χ2n) is 5.11. The number of hydrogen-bond donors (Lipinski definition) is 2. The molecule has 1 atom stereocenters. The summed E-state index contributed by atoms with van der Waals surface area (Å²) in [6, 6.07) is 6.92. The summed E-state index contributed by atoms with van der Waals surface area (Å²) in [5.41, 5.74) is 0.700.